The van der Waals surface area contributed by atoms with Crippen molar-refractivity contribution in [3.63, 3.8) is 0 Å². The van der Waals surface area contributed by atoms with Crippen LogP contribution >= 0.6 is 27.7 Å². The highest BCUT2D eigenvalue weighted by molar-refractivity contribution is 9.10. The topological polar surface area (TPSA) is 42.0 Å². The highest BCUT2D eigenvalue weighted by Crippen LogP contribution is 2.24. The van der Waals surface area contributed by atoms with Crippen LogP contribution in [0, 0.1) is 6.92 Å². The molecular formula is C18H15BrN2OS. The SMILES string of the molecule is Cc1ccc(NC(=O)CSc2ccc3ccccc3n2)c(Br)c1. The Bertz CT molecular complexity index is 867. The van der Waals surface area contributed by atoms with Gasteiger partial charge < -0.3 is 5.32 Å². The van der Waals surface area contributed by atoms with E-state index < -0.39 is 0 Å². The van der Waals surface area contributed by atoms with E-state index in [1.807, 2.05) is 61.5 Å². The van der Waals surface area contributed by atoms with Gasteiger partial charge in [-0.3, -0.25) is 4.79 Å². The number of carbonyl (C=O) groups is 1. The molecule has 0 saturated heterocycles. The summed E-state index contributed by atoms with van der Waals surface area (Å²) >= 11 is 4.90. The van der Waals surface area contributed by atoms with Crippen molar-refractivity contribution in [1.82, 2.24) is 4.98 Å². The Kier molecular flexibility index (Phi) is 4.98. The van der Waals surface area contributed by atoms with Crippen LogP contribution < -0.4 is 5.32 Å². The van der Waals surface area contributed by atoms with E-state index in [2.05, 4.69) is 26.2 Å². The summed E-state index contributed by atoms with van der Waals surface area (Å²) in [7, 11) is 0. The number of benzene rings is 2. The maximum Gasteiger partial charge on any atom is 0.234 e. The lowest BCUT2D eigenvalue weighted by atomic mass is 10.2. The lowest BCUT2D eigenvalue weighted by Gasteiger charge is -2.08. The smallest absolute Gasteiger partial charge is 0.234 e. The number of nitrogens with one attached hydrogen (secondary N) is 1. The van der Waals surface area contributed by atoms with Crippen molar-refractivity contribution in [2.75, 3.05) is 11.1 Å². The van der Waals surface area contributed by atoms with Crippen LogP contribution in [0.15, 0.2) is 64.1 Å². The first kappa shape index (κ1) is 16.0. The van der Waals surface area contributed by atoms with Crippen LogP contribution in [0.5, 0.6) is 0 Å². The molecule has 0 atom stereocenters. The third-order valence-corrected chi connectivity index (χ3v) is 4.91. The first-order chi connectivity index (χ1) is 11.1. The van der Waals surface area contributed by atoms with Crippen molar-refractivity contribution in [2.24, 2.45) is 0 Å². The minimum absolute atomic E-state index is 0.0467. The van der Waals surface area contributed by atoms with Gasteiger partial charge in [-0.2, -0.15) is 0 Å². The molecule has 1 amide bonds. The number of anilines is 1. The third-order valence-electron chi connectivity index (χ3n) is 3.32. The fourth-order valence-electron chi connectivity index (χ4n) is 2.18. The maximum atomic E-state index is 12.1. The molecule has 3 aromatic rings. The molecule has 116 valence electrons. The van der Waals surface area contributed by atoms with Gasteiger partial charge in [0.2, 0.25) is 5.91 Å². The van der Waals surface area contributed by atoms with Crippen molar-refractivity contribution in [1.29, 1.82) is 0 Å². The number of pyridine rings is 1. The van der Waals surface area contributed by atoms with Gasteiger partial charge in [-0.05, 0) is 52.7 Å². The number of aryl methyl sites for hydroxylation is 1. The molecule has 1 heterocycles. The number of rotatable bonds is 4. The molecule has 0 spiro atoms. The van der Waals surface area contributed by atoms with Crippen molar-refractivity contribution in [3.8, 4) is 0 Å². The average molecular weight is 387 g/mol. The number of carbonyl (C=O) groups excluding carboxylic acids is 1. The molecule has 0 radical (unpaired) electrons. The van der Waals surface area contributed by atoms with Gasteiger partial charge in [0, 0.05) is 9.86 Å². The van der Waals surface area contributed by atoms with E-state index in [0.717, 1.165) is 31.7 Å². The first-order valence-corrected chi connectivity index (χ1v) is 8.94. The van der Waals surface area contributed by atoms with Crippen LogP contribution in [0.3, 0.4) is 0 Å². The van der Waals surface area contributed by atoms with Gasteiger partial charge in [-0.15, -0.1) is 0 Å². The van der Waals surface area contributed by atoms with Gasteiger partial charge in [0.15, 0.2) is 0 Å². The molecule has 1 N–H and O–H groups in total. The van der Waals surface area contributed by atoms with Crippen LogP contribution in [0.25, 0.3) is 10.9 Å². The third kappa shape index (κ3) is 4.12. The molecule has 0 saturated carbocycles. The van der Waals surface area contributed by atoms with Gasteiger partial charge in [-0.1, -0.05) is 42.1 Å². The number of para-hydroxylation sites is 1. The predicted molar refractivity (Wildman–Crippen MR) is 100.0 cm³/mol. The van der Waals surface area contributed by atoms with Crippen molar-refractivity contribution < 1.29 is 4.79 Å². The fraction of sp³-hybridized carbons (Fsp3) is 0.111. The van der Waals surface area contributed by atoms with Crippen LogP contribution in [-0.4, -0.2) is 16.6 Å². The second-order valence-corrected chi connectivity index (χ2v) is 7.01. The predicted octanol–water partition coefficient (Wildman–Crippen LogP) is 5.04. The number of thioether (sulfide) groups is 1. The van der Waals surface area contributed by atoms with E-state index >= 15 is 0 Å². The molecule has 0 aliphatic carbocycles. The summed E-state index contributed by atoms with van der Waals surface area (Å²) in [5.74, 6) is 0.278. The molecular weight excluding hydrogens is 372 g/mol. The monoisotopic (exact) mass is 386 g/mol. The summed E-state index contributed by atoms with van der Waals surface area (Å²) in [6, 6.07) is 17.8. The lowest BCUT2D eigenvalue weighted by molar-refractivity contribution is -0.113. The number of fused-ring (bicyclic) bond motifs is 1. The van der Waals surface area contributed by atoms with Crippen LogP contribution in [0.1, 0.15) is 5.56 Å². The summed E-state index contributed by atoms with van der Waals surface area (Å²) in [6.45, 7) is 2.01. The molecule has 0 aliphatic heterocycles. The number of hydrogen-bond donors (Lipinski definition) is 1. The first-order valence-electron chi connectivity index (χ1n) is 7.16. The van der Waals surface area contributed by atoms with Gasteiger partial charge in [0.1, 0.15) is 0 Å². The zero-order chi connectivity index (χ0) is 16.2. The Hall–Kier alpha value is -1.85. The average Bonchev–Trinajstić information content (AvgIpc) is 2.55. The van der Waals surface area contributed by atoms with E-state index in [1.54, 1.807) is 0 Å². The van der Waals surface area contributed by atoms with E-state index in [1.165, 1.54) is 11.8 Å². The van der Waals surface area contributed by atoms with Crippen LogP contribution in [0.2, 0.25) is 0 Å². The molecule has 0 fully saturated rings. The Morgan fingerprint density at radius 3 is 2.83 bits per heavy atom. The summed E-state index contributed by atoms with van der Waals surface area (Å²) in [5, 5.41) is 4.86. The van der Waals surface area contributed by atoms with Crippen LogP contribution in [-0.2, 0) is 4.79 Å². The van der Waals surface area contributed by atoms with Crippen molar-refractivity contribution in [3.05, 3.63) is 64.6 Å². The summed E-state index contributed by atoms with van der Waals surface area (Å²) in [4.78, 5) is 16.7. The van der Waals surface area contributed by atoms with E-state index in [9.17, 15) is 4.79 Å². The second-order valence-electron chi connectivity index (χ2n) is 5.16. The largest absolute Gasteiger partial charge is 0.324 e. The number of hydrogen-bond acceptors (Lipinski definition) is 3. The van der Waals surface area contributed by atoms with E-state index in [0.29, 0.717) is 5.75 Å². The quantitative estimate of drug-likeness (QED) is 0.638. The van der Waals surface area contributed by atoms with Crippen molar-refractivity contribution >= 4 is 50.2 Å². The zero-order valence-corrected chi connectivity index (χ0v) is 14.9. The molecule has 23 heavy (non-hydrogen) atoms. The molecule has 3 rings (SSSR count). The van der Waals surface area contributed by atoms with E-state index in [-0.39, 0.29) is 5.91 Å². The molecule has 0 unspecified atom stereocenters. The number of nitrogens with zero attached hydrogens (tertiary/aromatic N) is 1. The Morgan fingerprint density at radius 1 is 1.17 bits per heavy atom. The molecule has 2 aromatic carbocycles. The fourth-order valence-corrected chi connectivity index (χ4v) is 3.45. The van der Waals surface area contributed by atoms with E-state index in [4.69, 9.17) is 0 Å². The molecule has 5 heteroatoms. The van der Waals surface area contributed by atoms with Gasteiger partial charge in [0.05, 0.1) is 22.0 Å². The zero-order valence-electron chi connectivity index (χ0n) is 12.5. The number of amides is 1. The maximum absolute atomic E-state index is 12.1. The minimum Gasteiger partial charge on any atom is -0.324 e. The molecule has 0 bridgehead atoms. The van der Waals surface area contributed by atoms with Gasteiger partial charge >= 0.3 is 0 Å². The highest BCUT2D eigenvalue weighted by Gasteiger charge is 2.07. The standard InChI is InChI=1S/C18H15BrN2OS/c1-12-6-8-16(14(19)10-12)20-17(22)11-23-18-9-7-13-4-2-3-5-15(13)21-18/h2-10H,11H2,1H3,(H,20,22). The summed E-state index contributed by atoms with van der Waals surface area (Å²) < 4.78 is 0.889. The Labute approximate surface area is 147 Å². The van der Waals surface area contributed by atoms with Crippen molar-refractivity contribution in [2.45, 2.75) is 11.9 Å². The molecule has 1 aromatic heterocycles. The highest BCUT2D eigenvalue weighted by atomic mass is 79.9. The molecule has 0 aliphatic rings. The summed E-state index contributed by atoms with van der Waals surface area (Å²) in [6.07, 6.45) is 0. The van der Waals surface area contributed by atoms with Gasteiger partial charge in [0.25, 0.3) is 0 Å². The number of aromatic nitrogens is 1. The molecule has 3 nitrogen and oxygen atoms in total. The normalized spacial score (nSPS) is 10.7. The lowest BCUT2D eigenvalue weighted by Crippen LogP contribution is -2.14. The Morgan fingerprint density at radius 2 is 2.00 bits per heavy atom. The second kappa shape index (κ2) is 7.15. The van der Waals surface area contributed by atoms with Crippen LogP contribution in [0.4, 0.5) is 5.69 Å². The van der Waals surface area contributed by atoms with Gasteiger partial charge in [-0.25, -0.2) is 4.98 Å². The number of halogens is 1. The Balaban J connectivity index is 1.63. The summed E-state index contributed by atoms with van der Waals surface area (Å²) in [5.41, 5.74) is 2.87. The minimum atomic E-state index is -0.0467.